The van der Waals surface area contributed by atoms with E-state index in [1.54, 1.807) is 0 Å². The molecule has 0 N–H and O–H groups in total. The fourth-order valence-corrected chi connectivity index (χ4v) is 1.80. The first-order valence-corrected chi connectivity index (χ1v) is 6.98. The van der Waals surface area contributed by atoms with E-state index in [0.29, 0.717) is 0 Å². The summed E-state index contributed by atoms with van der Waals surface area (Å²) in [5.74, 6) is 0.928. The lowest BCUT2D eigenvalue weighted by Crippen LogP contribution is -2.32. The Kier molecular flexibility index (Phi) is 5.69. The Labute approximate surface area is 115 Å². The number of morpholine rings is 1. The molecule has 1 aliphatic rings. The van der Waals surface area contributed by atoms with Crippen LogP contribution in [0, 0.1) is 0 Å². The molecule has 0 bridgehead atoms. The zero-order valence-electron chi connectivity index (χ0n) is 11.5. The molecule has 1 aromatic rings. The van der Waals surface area contributed by atoms with Crippen LogP contribution in [0.1, 0.15) is 25.3 Å². The summed E-state index contributed by atoms with van der Waals surface area (Å²) in [4.78, 5) is 0. The molecular formula is C15H22N2O2. The van der Waals surface area contributed by atoms with Gasteiger partial charge in [0, 0.05) is 0 Å². The van der Waals surface area contributed by atoms with E-state index in [-0.39, 0.29) is 0 Å². The maximum Gasteiger partial charge on any atom is 0.119 e. The second kappa shape index (κ2) is 7.79. The number of benzene rings is 1. The third-order valence-corrected chi connectivity index (χ3v) is 3.00. The fraction of sp³-hybridized carbons (Fsp3) is 0.533. The van der Waals surface area contributed by atoms with Crippen LogP contribution in [0.25, 0.3) is 0 Å². The third-order valence-electron chi connectivity index (χ3n) is 3.00. The van der Waals surface area contributed by atoms with Crippen LogP contribution in [0.5, 0.6) is 5.75 Å². The van der Waals surface area contributed by atoms with Gasteiger partial charge in [0.15, 0.2) is 0 Å². The Morgan fingerprint density at radius 3 is 2.68 bits per heavy atom. The van der Waals surface area contributed by atoms with Crippen molar-refractivity contribution in [1.82, 2.24) is 5.01 Å². The van der Waals surface area contributed by atoms with Gasteiger partial charge in [-0.2, -0.15) is 5.10 Å². The van der Waals surface area contributed by atoms with Crippen LogP contribution in [0.3, 0.4) is 0 Å². The number of rotatable bonds is 6. The largest absolute Gasteiger partial charge is 0.494 e. The summed E-state index contributed by atoms with van der Waals surface area (Å²) in [5, 5.41) is 6.48. The van der Waals surface area contributed by atoms with E-state index < -0.39 is 0 Å². The van der Waals surface area contributed by atoms with Crippen LogP contribution >= 0.6 is 0 Å². The second-order valence-electron chi connectivity index (χ2n) is 4.58. The first kappa shape index (κ1) is 13.9. The Bertz CT molecular complexity index is 384. The first-order valence-electron chi connectivity index (χ1n) is 6.98. The smallest absolute Gasteiger partial charge is 0.119 e. The molecule has 1 saturated heterocycles. The summed E-state index contributed by atoms with van der Waals surface area (Å²) in [7, 11) is 0. The van der Waals surface area contributed by atoms with Gasteiger partial charge >= 0.3 is 0 Å². The van der Waals surface area contributed by atoms with Gasteiger partial charge in [-0.3, -0.25) is 5.01 Å². The van der Waals surface area contributed by atoms with Crippen molar-refractivity contribution in [2.75, 3.05) is 32.9 Å². The first-order chi connectivity index (χ1) is 9.38. The van der Waals surface area contributed by atoms with Crippen molar-refractivity contribution in [3.05, 3.63) is 29.8 Å². The highest BCUT2D eigenvalue weighted by molar-refractivity contribution is 5.79. The molecule has 0 saturated carbocycles. The summed E-state index contributed by atoms with van der Waals surface area (Å²) in [6.45, 7) is 6.22. The molecular weight excluding hydrogens is 240 g/mol. The molecule has 0 atom stereocenters. The van der Waals surface area contributed by atoms with Crippen LogP contribution in [0.4, 0.5) is 0 Å². The summed E-state index contributed by atoms with van der Waals surface area (Å²) in [6, 6.07) is 8.06. The van der Waals surface area contributed by atoms with Crippen LogP contribution in [0.15, 0.2) is 29.4 Å². The molecule has 0 aromatic heterocycles. The normalized spacial score (nSPS) is 15.9. The standard InChI is InChI=1S/C15H22N2O2/c1-2-3-10-19-15-6-4-14(5-7-15)13-16-17-8-11-18-12-9-17/h4-7,13H,2-3,8-12H2,1H3/b16-13+. The van der Waals surface area contributed by atoms with Crippen molar-refractivity contribution in [2.24, 2.45) is 5.10 Å². The molecule has 4 nitrogen and oxygen atoms in total. The van der Waals surface area contributed by atoms with Crippen LogP contribution in [-0.4, -0.2) is 44.1 Å². The van der Waals surface area contributed by atoms with Gasteiger partial charge in [-0.15, -0.1) is 0 Å². The molecule has 104 valence electrons. The molecule has 0 aliphatic carbocycles. The van der Waals surface area contributed by atoms with Crippen molar-refractivity contribution in [3.8, 4) is 5.75 Å². The van der Waals surface area contributed by atoms with Crippen LogP contribution < -0.4 is 4.74 Å². The summed E-state index contributed by atoms with van der Waals surface area (Å²) < 4.78 is 10.9. The zero-order chi connectivity index (χ0) is 13.3. The van der Waals surface area contributed by atoms with E-state index in [4.69, 9.17) is 9.47 Å². The monoisotopic (exact) mass is 262 g/mol. The molecule has 1 aromatic carbocycles. The van der Waals surface area contributed by atoms with Gasteiger partial charge in [-0.25, -0.2) is 0 Å². The Morgan fingerprint density at radius 2 is 2.00 bits per heavy atom. The van der Waals surface area contributed by atoms with Crippen molar-refractivity contribution in [2.45, 2.75) is 19.8 Å². The lowest BCUT2D eigenvalue weighted by atomic mass is 10.2. The minimum absolute atomic E-state index is 0.765. The van der Waals surface area contributed by atoms with Gasteiger partial charge in [0.2, 0.25) is 0 Å². The van der Waals surface area contributed by atoms with E-state index >= 15 is 0 Å². The van der Waals surface area contributed by atoms with Crippen molar-refractivity contribution < 1.29 is 9.47 Å². The summed E-state index contributed by atoms with van der Waals surface area (Å²) in [5.41, 5.74) is 1.09. The van der Waals surface area contributed by atoms with E-state index in [2.05, 4.69) is 12.0 Å². The summed E-state index contributed by atoms with van der Waals surface area (Å²) >= 11 is 0. The minimum Gasteiger partial charge on any atom is -0.494 e. The molecule has 0 spiro atoms. The lowest BCUT2D eigenvalue weighted by Gasteiger charge is -2.23. The number of unbranched alkanes of at least 4 members (excludes halogenated alkanes) is 1. The maximum absolute atomic E-state index is 5.62. The number of nitrogens with zero attached hydrogens (tertiary/aromatic N) is 2. The number of ether oxygens (including phenoxy) is 2. The lowest BCUT2D eigenvalue weighted by molar-refractivity contribution is 0.0397. The van der Waals surface area contributed by atoms with Gasteiger partial charge in [0.1, 0.15) is 5.75 Å². The number of hydrogen-bond donors (Lipinski definition) is 0. The minimum atomic E-state index is 0.765. The van der Waals surface area contributed by atoms with Gasteiger partial charge in [0.25, 0.3) is 0 Å². The highest BCUT2D eigenvalue weighted by Crippen LogP contribution is 2.12. The predicted octanol–water partition coefficient (Wildman–Crippen LogP) is 2.53. The van der Waals surface area contributed by atoms with Crippen molar-refractivity contribution in [3.63, 3.8) is 0 Å². The van der Waals surface area contributed by atoms with Gasteiger partial charge < -0.3 is 9.47 Å². The number of hydrogen-bond acceptors (Lipinski definition) is 4. The molecule has 1 aliphatic heterocycles. The molecule has 4 heteroatoms. The SMILES string of the molecule is CCCCOc1ccc(/C=N/N2CCOCC2)cc1. The molecule has 0 amide bonds. The molecule has 1 heterocycles. The summed E-state index contributed by atoms with van der Waals surface area (Å²) in [6.07, 6.45) is 4.14. The third kappa shape index (κ3) is 4.91. The predicted molar refractivity (Wildman–Crippen MR) is 76.8 cm³/mol. The topological polar surface area (TPSA) is 34.1 Å². The fourth-order valence-electron chi connectivity index (χ4n) is 1.80. The maximum atomic E-state index is 5.62. The van der Waals surface area contributed by atoms with Gasteiger partial charge in [0.05, 0.1) is 39.1 Å². The van der Waals surface area contributed by atoms with E-state index in [9.17, 15) is 0 Å². The average Bonchev–Trinajstić information content (AvgIpc) is 2.48. The van der Waals surface area contributed by atoms with E-state index in [0.717, 1.165) is 57.1 Å². The van der Waals surface area contributed by atoms with Crippen molar-refractivity contribution >= 4 is 6.21 Å². The molecule has 2 rings (SSSR count). The molecule has 0 unspecified atom stereocenters. The highest BCUT2D eigenvalue weighted by atomic mass is 16.5. The van der Waals surface area contributed by atoms with Crippen LogP contribution in [-0.2, 0) is 4.74 Å². The molecule has 0 radical (unpaired) electrons. The average molecular weight is 262 g/mol. The van der Waals surface area contributed by atoms with E-state index in [1.807, 2.05) is 35.5 Å². The van der Waals surface area contributed by atoms with Crippen LogP contribution in [0.2, 0.25) is 0 Å². The zero-order valence-corrected chi connectivity index (χ0v) is 11.5. The Balaban J connectivity index is 1.82. The number of hydrazone groups is 1. The Hall–Kier alpha value is -1.55. The van der Waals surface area contributed by atoms with Crippen molar-refractivity contribution in [1.29, 1.82) is 0 Å². The Morgan fingerprint density at radius 1 is 1.26 bits per heavy atom. The second-order valence-corrected chi connectivity index (χ2v) is 4.58. The highest BCUT2D eigenvalue weighted by Gasteiger charge is 2.06. The van der Waals surface area contributed by atoms with Gasteiger partial charge in [-0.1, -0.05) is 13.3 Å². The molecule has 1 fully saturated rings. The van der Waals surface area contributed by atoms with Gasteiger partial charge in [-0.05, 0) is 36.2 Å². The quantitative estimate of drug-likeness (QED) is 0.583. The van der Waals surface area contributed by atoms with E-state index in [1.165, 1.54) is 0 Å². The molecule has 19 heavy (non-hydrogen) atoms.